The number of carbonyl (C=O) groups excluding carboxylic acids is 1. The summed E-state index contributed by atoms with van der Waals surface area (Å²) < 4.78 is 0. The SMILES string of the molecule is Cc1ccc(NC(=O)[C@@H](C)Sc2nc(C)cc(=O)[nH]2)cc1. The van der Waals surface area contributed by atoms with Gasteiger partial charge >= 0.3 is 0 Å². The molecule has 6 heteroatoms. The van der Waals surface area contributed by atoms with Crippen molar-refractivity contribution in [2.45, 2.75) is 31.2 Å². The molecule has 0 radical (unpaired) electrons. The van der Waals surface area contributed by atoms with Crippen molar-refractivity contribution in [3.8, 4) is 0 Å². The molecule has 110 valence electrons. The van der Waals surface area contributed by atoms with E-state index in [1.54, 1.807) is 13.8 Å². The lowest BCUT2D eigenvalue weighted by molar-refractivity contribution is -0.115. The zero-order valence-corrected chi connectivity index (χ0v) is 13.0. The van der Waals surface area contributed by atoms with Gasteiger partial charge in [-0.2, -0.15) is 0 Å². The van der Waals surface area contributed by atoms with Crippen molar-refractivity contribution in [1.29, 1.82) is 0 Å². The average Bonchev–Trinajstić information content (AvgIpc) is 2.40. The highest BCUT2D eigenvalue weighted by Crippen LogP contribution is 2.20. The Hall–Kier alpha value is -2.08. The Morgan fingerprint density at radius 1 is 1.29 bits per heavy atom. The number of amides is 1. The normalized spacial score (nSPS) is 12.0. The molecule has 2 rings (SSSR count). The Kier molecular flexibility index (Phi) is 4.80. The van der Waals surface area contributed by atoms with Crippen molar-refractivity contribution in [3.05, 3.63) is 51.9 Å². The molecule has 0 spiro atoms. The summed E-state index contributed by atoms with van der Waals surface area (Å²) in [6.07, 6.45) is 0. The quantitative estimate of drug-likeness (QED) is 0.672. The van der Waals surface area contributed by atoms with Crippen molar-refractivity contribution in [2.24, 2.45) is 0 Å². The Morgan fingerprint density at radius 3 is 2.57 bits per heavy atom. The van der Waals surface area contributed by atoms with Gasteiger partial charge in [0.1, 0.15) is 0 Å². The van der Waals surface area contributed by atoms with Crippen LogP contribution in [0.1, 0.15) is 18.2 Å². The number of anilines is 1. The predicted octanol–water partition coefficient (Wildman–Crippen LogP) is 2.51. The summed E-state index contributed by atoms with van der Waals surface area (Å²) in [5, 5.41) is 2.92. The second-order valence-electron chi connectivity index (χ2n) is 4.81. The Morgan fingerprint density at radius 2 is 1.95 bits per heavy atom. The number of rotatable bonds is 4. The van der Waals surface area contributed by atoms with E-state index in [4.69, 9.17) is 0 Å². The van der Waals surface area contributed by atoms with E-state index < -0.39 is 0 Å². The third-order valence-corrected chi connectivity index (χ3v) is 3.81. The number of nitrogens with zero attached hydrogens (tertiary/aromatic N) is 1. The fraction of sp³-hybridized carbons (Fsp3) is 0.267. The maximum atomic E-state index is 12.1. The first-order valence-electron chi connectivity index (χ1n) is 6.56. The van der Waals surface area contributed by atoms with E-state index in [1.807, 2.05) is 31.2 Å². The fourth-order valence-corrected chi connectivity index (χ4v) is 2.57. The molecule has 0 unspecified atom stereocenters. The number of aromatic amines is 1. The zero-order chi connectivity index (χ0) is 15.4. The lowest BCUT2D eigenvalue weighted by Gasteiger charge is -2.11. The van der Waals surface area contributed by atoms with Crippen molar-refractivity contribution in [2.75, 3.05) is 5.32 Å². The van der Waals surface area contributed by atoms with E-state index in [0.29, 0.717) is 10.9 Å². The number of carbonyl (C=O) groups is 1. The summed E-state index contributed by atoms with van der Waals surface area (Å²) in [4.78, 5) is 30.3. The molecule has 1 aromatic heterocycles. The van der Waals surface area contributed by atoms with Gasteiger partial charge in [0.15, 0.2) is 5.16 Å². The van der Waals surface area contributed by atoms with Crippen LogP contribution in [0.4, 0.5) is 5.69 Å². The number of H-pyrrole nitrogens is 1. The van der Waals surface area contributed by atoms with Crippen molar-refractivity contribution >= 4 is 23.4 Å². The van der Waals surface area contributed by atoms with Crippen LogP contribution in [0.5, 0.6) is 0 Å². The molecule has 21 heavy (non-hydrogen) atoms. The molecule has 1 heterocycles. The number of thioether (sulfide) groups is 1. The summed E-state index contributed by atoms with van der Waals surface area (Å²) in [5.74, 6) is -0.131. The summed E-state index contributed by atoms with van der Waals surface area (Å²) in [7, 11) is 0. The van der Waals surface area contributed by atoms with Gasteiger partial charge in [-0.1, -0.05) is 29.5 Å². The van der Waals surface area contributed by atoms with Gasteiger partial charge < -0.3 is 10.3 Å². The molecule has 1 aromatic carbocycles. The molecule has 0 aliphatic rings. The average molecular weight is 303 g/mol. The third-order valence-electron chi connectivity index (χ3n) is 2.82. The van der Waals surface area contributed by atoms with Gasteiger partial charge in [-0.3, -0.25) is 9.59 Å². The second-order valence-corrected chi connectivity index (χ2v) is 6.14. The minimum Gasteiger partial charge on any atom is -0.325 e. The second kappa shape index (κ2) is 6.58. The largest absolute Gasteiger partial charge is 0.325 e. The van der Waals surface area contributed by atoms with Crippen LogP contribution in [0.3, 0.4) is 0 Å². The zero-order valence-electron chi connectivity index (χ0n) is 12.1. The van der Waals surface area contributed by atoms with Crippen LogP contribution in [0.25, 0.3) is 0 Å². The maximum Gasteiger partial charge on any atom is 0.251 e. The Bertz CT molecular complexity index is 695. The summed E-state index contributed by atoms with van der Waals surface area (Å²) in [5.41, 5.74) is 2.31. The molecular formula is C15H17N3O2S. The smallest absolute Gasteiger partial charge is 0.251 e. The van der Waals surface area contributed by atoms with E-state index in [0.717, 1.165) is 11.3 Å². The maximum absolute atomic E-state index is 12.1. The predicted molar refractivity (Wildman–Crippen MR) is 84.7 cm³/mol. The van der Waals surface area contributed by atoms with Gasteiger partial charge in [0.2, 0.25) is 5.91 Å². The molecule has 0 aliphatic heterocycles. The van der Waals surface area contributed by atoms with E-state index >= 15 is 0 Å². The van der Waals surface area contributed by atoms with Gasteiger partial charge in [0.05, 0.1) is 5.25 Å². The molecule has 0 fully saturated rings. The summed E-state index contributed by atoms with van der Waals surface area (Å²) in [6, 6.07) is 9.01. The van der Waals surface area contributed by atoms with E-state index in [1.165, 1.54) is 17.8 Å². The van der Waals surface area contributed by atoms with Crippen molar-refractivity contribution in [1.82, 2.24) is 9.97 Å². The van der Waals surface area contributed by atoms with E-state index in [2.05, 4.69) is 15.3 Å². The van der Waals surface area contributed by atoms with Crippen LogP contribution in [0.15, 0.2) is 40.3 Å². The number of benzene rings is 1. The number of aromatic nitrogens is 2. The molecule has 0 aliphatic carbocycles. The van der Waals surface area contributed by atoms with Crippen molar-refractivity contribution < 1.29 is 4.79 Å². The Labute approximate surface area is 127 Å². The summed E-state index contributed by atoms with van der Waals surface area (Å²) in [6.45, 7) is 5.51. The van der Waals surface area contributed by atoms with Gasteiger partial charge in [-0.15, -0.1) is 0 Å². The molecule has 0 saturated heterocycles. The van der Waals surface area contributed by atoms with Crippen LogP contribution in [-0.2, 0) is 4.79 Å². The number of hydrogen-bond donors (Lipinski definition) is 2. The van der Waals surface area contributed by atoms with Gasteiger partial charge in [-0.05, 0) is 32.9 Å². The molecule has 0 saturated carbocycles. The first kappa shape index (κ1) is 15.3. The monoisotopic (exact) mass is 303 g/mol. The highest BCUT2D eigenvalue weighted by atomic mass is 32.2. The van der Waals surface area contributed by atoms with Crippen LogP contribution in [-0.4, -0.2) is 21.1 Å². The minimum absolute atomic E-state index is 0.131. The molecule has 1 amide bonds. The highest BCUT2D eigenvalue weighted by Gasteiger charge is 2.16. The topological polar surface area (TPSA) is 74.8 Å². The van der Waals surface area contributed by atoms with E-state index in [9.17, 15) is 9.59 Å². The molecule has 2 aromatic rings. The molecule has 1 atom stereocenters. The van der Waals surface area contributed by atoms with Crippen LogP contribution in [0.2, 0.25) is 0 Å². The summed E-state index contributed by atoms with van der Waals surface area (Å²) >= 11 is 1.22. The number of aryl methyl sites for hydroxylation is 2. The van der Waals surface area contributed by atoms with Gasteiger partial charge in [-0.25, -0.2) is 4.98 Å². The molecule has 5 nitrogen and oxygen atoms in total. The van der Waals surface area contributed by atoms with Crippen LogP contribution < -0.4 is 10.9 Å². The lowest BCUT2D eigenvalue weighted by atomic mass is 10.2. The highest BCUT2D eigenvalue weighted by molar-refractivity contribution is 8.00. The standard InChI is InChI=1S/C15H17N3O2S/c1-9-4-6-12(7-5-9)17-14(20)11(3)21-15-16-10(2)8-13(19)18-15/h4-8,11H,1-3H3,(H,17,20)(H,16,18,19)/t11-/m1/s1. The Balaban J connectivity index is 2.02. The minimum atomic E-state index is -0.365. The van der Waals surface area contributed by atoms with Crippen LogP contribution in [0, 0.1) is 13.8 Å². The van der Waals surface area contributed by atoms with E-state index in [-0.39, 0.29) is 16.7 Å². The molecular weight excluding hydrogens is 286 g/mol. The number of nitrogens with one attached hydrogen (secondary N) is 2. The third kappa shape index (κ3) is 4.46. The molecule has 0 bridgehead atoms. The van der Waals surface area contributed by atoms with Crippen LogP contribution >= 0.6 is 11.8 Å². The fourth-order valence-electron chi connectivity index (χ4n) is 1.71. The molecule has 2 N–H and O–H groups in total. The van der Waals surface area contributed by atoms with Gasteiger partial charge in [0.25, 0.3) is 5.56 Å². The number of hydrogen-bond acceptors (Lipinski definition) is 4. The first-order chi connectivity index (χ1) is 9.94. The van der Waals surface area contributed by atoms with Crippen molar-refractivity contribution in [3.63, 3.8) is 0 Å². The van der Waals surface area contributed by atoms with Gasteiger partial charge in [0, 0.05) is 17.4 Å². The lowest BCUT2D eigenvalue weighted by Crippen LogP contribution is -2.23. The first-order valence-corrected chi connectivity index (χ1v) is 7.44.